The Balaban J connectivity index is 2.68. The molecule has 0 atom stereocenters. The zero-order valence-corrected chi connectivity index (χ0v) is 9.90. The first-order valence-corrected chi connectivity index (χ1v) is 5.13. The van der Waals surface area contributed by atoms with Gasteiger partial charge in [-0.05, 0) is 21.0 Å². The number of aliphatic hydroxyl groups is 1. The molecule has 1 amide bonds. The maximum atomic E-state index is 11.5. The Kier molecular flexibility index (Phi) is 4.45. The molecule has 0 aromatic carbocycles. The van der Waals surface area contributed by atoms with Gasteiger partial charge in [0.25, 0.3) is 0 Å². The number of hydrogen-bond acceptors (Lipinski definition) is 4. The highest BCUT2D eigenvalue weighted by molar-refractivity contribution is 5.91. The van der Waals surface area contributed by atoms with Gasteiger partial charge in [-0.3, -0.25) is 4.79 Å². The lowest BCUT2D eigenvalue weighted by atomic mass is 10.4. The molecule has 6 heteroatoms. The van der Waals surface area contributed by atoms with E-state index in [-0.39, 0.29) is 12.5 Å². The third kappa shape index (κ3) is 3.63. The number of hydrogen-bond donors (Lipinski definition) is 2. The van der Waals surface area contributed by atoms with Crippen LogP contribution in [0.4, 0.5) is 5.82 Å². The second kappa shape index (κ2) is 5.62. The number of aryl methyl sites for hydroxylation is 1. The fraction of sp³-hybridized carbons (Fsp3) is 0.600. The van der Waals surface area contributed by atoms with Crippen molar-refractivity contribution in [3.05, 3.63) is 11.8 Å². The van der Waals surface area contributed by atoms with Gasteiger partial charge in [0.1, 0.15) is 5.82 Å². The molecule has 0 aliphatic heterocycles. The van der Waals surface area contributed by atoms with E-state index in [9.17, 15) is 4.79 Å². The van der Waals surface area contributed by atoms with E-state index < -0.39 is 0 Å². The van der Waals surface area contributed by atoms with Gasteiger partial charge in [0.15, 0.2) is 0 Å². The van der Waals surface area contributed by atoms with Crippen LogP contribution in [0, 0.1) is 6.92 Å². The van der Waals surface area contributed by atoms with Gasteiger partial charge in [0, 0.05) is 6.07 Å². The lowest BCUT2D eigenvalue weighted by Crippen LogP contribution is -2.28. The Hall–Kier alpha value is -1.40. The third-order valence-electron chi connectivity index (χ3n) is 1.94. The van der Waals surface area contributed by atoms with Gasteiger partial charge < -0.3 is 15.3 Å². The number of aliphatic hydroxyl groups excluding tert-OH is 1. The zero-order chi connectivity index (χ0) is 12.1. The van der Waals surface area contributed by atoms with Gasteiger partial charge in [0.05, 0.1) is 25.4 Å². The number of aromatic nitrogens is 2. The maximum absolute atomic E-state index is 11.5. The van der Waals surface area contributed by atoms with E-state index in [4.69, 9.17) is 5.11 Å². The van der Waals surface area contributed by atoms with Crippen molar-refractivity contribution < 1.29 is 9.90 Å². The number of likely N-dealkylation sites (N-methyl/N-ethyl adjacent to an activating group) is 1. The molecule has 0 saturated heterocycles. The largest absolute Gasteiger partial charge is 0.394 e. The Morgan fingerprint density at radius 2 is 2.31 bits per heavy atom. The number of amides is 1. The van der Waals surface area contributed by atoms with Crippen molar-refractivity contribution in [1.29, 1.82) is 0 Å². The standard InChI is InChI=1S/C10H18N4O2/c1-8-6-9(14(12-8)4-5-15)11-10(16)7-13(2)3/h6,15H,4-5,7H2,1-3H3,(H,11,16). The van der Waals surface area contributed by atoms with Crippen molar-refractivity contribution in [1.82, 2.24) is 14.7 Å². The predicted molar refractivity (Wildman–Crippen MR) is 61.2 cm³/mol. The Morgan fingerprint density at radius 1 is 1.62 bits per heavy atom. The molecule has 0 saturated carbocycles. The SMILES string of the molecule is Cc1cc(NC(=O)CN(C)C)n(CCO)n1. The molecule has 0 fully saturated rings. The lowest BCUT2D eigenvalue weighted by molar-refractivity contribution is -0.116. The van der Waals surface area contributed by atoms with E-state index in [1.807, 2.05) is 21.0 Å². The number of carbonyl (C=O) groups excluding carboxylic acids is 1. The normalized spacial score (nSPS) is 10.8. The lowest BCUT2D eigenvalue weighted by Gasteiger charge is -2.10. The molecule has 1 aromatic heterocycles. The molecule has 0 radical (unpaired) electrons. The van der Waals surface area contributed by atoms with E-state index in [1.165, 1.54) is 0 Å². The minimum Gasteiger partial charge on any atom is -0.394 e. The summed E-state index contributed by atoms with van der Waals surface area (Å²) in [4.78, 5) is 13.3. The van der Waals surface area contributed by atoms with E-state index >= 15 is 0 Å². The quantitative estimate of drug-likeness (QED) is 0.722. The zero-order valence-electron chi connectivity index (χ0n) is 9.90. The molecule has 1 heterocycles. The summed E-state index contributed by atoms with van der Waals surface area (Å²) in [5.74, 6) is 0.530. The van der Waals surface area contributed by atoms with Gasteiger partial charge in [-0.15, -0.1) is 0 Å². The smallest absolute Gasteiger partial charge is 0.239 e. The van der Waals surface area contributed by atoms with Crippen LogP contribution in [0.3, 0.4) is 0 Å². The number of rotatable bonds is 5. The van der Waals surface area contributed by atoms with Crippen LogP contribution in [-0.4, -0.2) is 52.9 Å². The molecular weight excluding hydrogens is 208 g/mol. The first kappa shape index (κ1) is 12.7. The van der Waals surface area contributed by atoms with Crippen molar-refractivity contribution in [2.75, 3.05) is 32.6 Å². The van der Waals surface area contributed by atoms with Gasteiger partial charge >= 0.3 is 0 Å². The highest BCUT2D eigenvalue weighted by atomic mass is 16.3. The van der Waals surface area contributed by atoms with Crippen molar-refractivity contribution in [2.45, 2.75) is 13.5 Å². The number of nitrogens with one attached hydrogen (secondary N) is 1. The van der Waals surface area contributed by atoms with Crippen LogP contribution in [-0.2, 0) is 11.3 Å². The molecule has 0 aliphatic carbocycles. The fourth-order valence-corrected chi connectivity index (χ4v) is 1.38. The summed E-state index contributed by atoms with van der Waals surface area (Å²) in [7, 11) is 3.66. The van der Waals surface area contributed by atoms with Crippen LogP contribution in [0.1, 0.15) is 5.69 Å². The van der Waals surface area contributed by atoms with Crippen LogP contribution >= 0.6 is 0 Å². The second-order valence-electron chi connectivity index (χ2n) is 3.90. The molecule has 16 heavy (non-hydrogen) atoms. The first-order valence-electron chi connectivity index (χ1n) is 5.13. The van der Waals surface area contributed by atoms with Crippen molar-refractivity contribution in [3.63, 3.8) is 0 Å². The summed E-state index contributed by atoms with van der Waals surface area (Å²) in [5.41, 5.74) is 0.814. The summed E-state index contributed by atoms with van der Waals surface area (Å²) in [6.07, 6.45) is 0. The molecule has 1 rings (SSSR count). The van der Waals surface area contributed by atoms with Gasteiger partial charge in [-0.2, -0.15) is 5.10 Å². The highest BCUT2D eigenvalue weighted by Crippen LogP contribution is 2.09. The summed E-state index contributed by atoms with van der Waals surface area (Å²) in [6.45, 7) is 2.54. The summed E-state index contributed by atoms with van der Waals surface area (Å²) in [5, 5.41) is 15.8. The number of carbonyl (C=O) groups is 1. The van der Waals surface area contributed by atoms with Gasteiger partial charge in [-0.25, -0.2) is 4.68 Å². The summed E-state index contributed by atoms with van der Waals surface area (Å²) in [6, 6.07) is 1.78. The van der Waals surface area contributed by atoms with Crippen LogP contribution < -0.4 is 5.32 Å². The monoisotopic (exact) mass is 226 g/mol. The number of anilines is 1. The van der Waals surface area contributed by atoms with Crippen LogP contribution in [0.15, 0.2) is 6.07 Å². The minimum atomic E-state index is -0.0934. The Bertz CT molecular complexity index is 360. The highest BCUT2D eigenvalue weighted by Gasteiger charge is 2.09. The first-order chi connectivity index (χ1) is 7.52. The average molecular weight is 226 g/mol. The van der Waals surface area contributed by atoms with Crippen LogP contribution in [0.5, 0.6) is 0 Å². The molecule has 0 spiro atoms. The molecule has 1 aromatic rings. The third-order valence-corrected chi connectivity index (χ3v) is 1.94. The van der Waals surface area contributed by atoms with Crippen molar-refractivity contribution in [2.24, 2.45) is 0 Å². The molecule has 2 N–H and O–H groups in total. The molecule has 0 bridgehead atoms. The van der Waals surface area contributed by atoms with E-state index in [0.29, 0.717) is 18.9 Å². The van der Waals surface area contributed by atoms with Crippen molar-refractivity contribution in [3.8, 4) is 0 Å². The second-order valence-corrected chi connectivity index (χ2v) is 3.90. The van der Waals surface area contributed by atoms with Gasteiger partial charge in [0.2, 0.25) is 5.91 Å². The maximum Gasteiger partial charge on any atom is 0.239 e. The fourth-order valence-electron chi connectivity index (χ4n) is 1.38. The Labute approximate surface area is 94.9 Å². The molecule has 90 valence electrons. The van der Waals surface area contributed by atoms with E-state index in [0.717, 1.165) is 5.69 Å². The molecule has 0 unspecified atom stereocenters. The van der Waals surface area contributed by atoms with Crippen molar-refractivity contribution >= 4 is 11.7 Å². The topological polar surface area (TPSA) is 70.4 Å². The van der Waals surface area contributed by atoms with Gasteiger partial charge in [-0.1, -0.05) is 0 Å². The van der Waals surface area contributed by atoms with E-state index in [2.05, 4.69) is 10.4 Å². The average Bonchev–Trinajstić information content (AvgIpc) is 2.45. The molecule has 6 nitrogen and oxygen atoms in total. The van der Waals surface area contributed by atoms with E-state index in [1.54, 1.807) is 15.6 Å². The molecule has 0 aliphatic rings. The summed E-state index contributed by atoms with van der Waals surface area (Å²) >= 11 is 0. The summed E-state index contributed by atoms with van der Waals surface area (Å²) < 4.78 is 1.59. The predicted octanol–water partition coefficient (Wildman–Crippen LogP) is -0.316. The van der Waals surface area contributed by atoms with Crippen LogP contribution in [0.2, 0.25) is 0 Å². The number of nitrogens with zero attached hydrogens (tertiary/aromatic N) is 3. The van der Waals surface area contributed by atoms with Crippen LogP contribution in [0.25, 0.3) is 0 Å². The minimum absolute atomic E-state index is 0.00231. The molecular formula is C10H18N4O2. The Morgan fingerprint density at radius 3 is 2.88 bits per heavy atom.